The summed E-state index contributed by atoms with van der Waals surface area (Å²) in [4.78, 5) is 26.0. The van der Waals surface area contributed by atoms with Gasteiger partial charge in [0.25, 0.3) is 0 Å². The molecule has 5 aliphatic rings. The van der Waals surface area contributed by atoms with Gasteiger partial charge in [-0.1, -0.05) is 67.9 Å². The molecule has 3 saturated carbocycles. The van der Waals surface area contributed by atoms with Crippen LogP contribution in [0, 0.1) is 69.0 Å². The van der Waals surface area contributed by atoms with Gasteiger partial charge in [-0.3, -0.25) is 9.59 Å². The van der Waals surface area contributed by atoms with Gasteiger partial charge in [0.2, 0.25) is 0 Å². The number of fused-ring (bicyclic) bond motifs is 5. The fourth-order valence-electron chi connectivity index (χ4n) is 10.9. The van der Waals surface area contributed by atoms with Crippen molar-refractivity contribution in [3.05, 3.63) is 11.6 Å². The van der Waals surface area contributed by atoms with E-state index in [9.17, 15) is 9.59 Å². The fraction of sp³-hybridized carbons (Fsp3) is 0.882. The van der Waals surface area contributed by atoms with E-state index in [1.165, 1.54) is 37.7 Å². The van der Waals surface area contributed by atoms with E-state index in [0.717, 1.165) is 12.8 Å². The van der Waals surface area contributed by atoms with E-state index in [1.54, 1.807) is 0 Å². The predicted molar refractivity (Wildman–Crippen MR) is 150 cm³/mol. The van der Waals surface area contributed by atoms with Crippen molar-refractivity contribution < 1.29 is 14.3 Å². The van der Waals surface area contributed by atoms with Crippen molar-refractivity contribution in [1.82, 2.24) is 0 Å². The Balaban J connectivity index is 1.44. The molecule has 0 aromatic heterocycles. The number of esters is 1. The molecule has 3 nitrogen and oxygen atoms in total. The van der Waals surface area contributed by atoms with Crippen LogP contribution in [0.3, 0.4) is 0 Å². The first kappa shape index (κ1) is 27.4. The average molecular weight is 511 g/mol. The number of hydrogen-bond acceptors (Lipinski definition) is 3. The molecule has 0 N–H and O–H groups in total. The minimum atomic E-state index is -0.0200. The highest BCUT2D eigenvalue weighted by Crippen LogP contribution is 2.74. The summed E-state index contributed by atoms with van der Waals surface area (Å²) in [5.74, 6) is 3.95. The van der Waals surface area contributed by atoms with Crippen LogP contribution in [0.5, 0.6) is 0 Å². The van der Waals surface area contributed by atoms with Crippen LogP contribution in [-0.2, 0) is 14.3 Å². The molecule has 1 unspecified atom stereocenters. The number of hydrogen-bond donors (Lipinski definition) is 0. The van der Waals surface area contributed by atoms with Gasteiger partial charge in [-0.05, 0) is 109 Å². The highest BCUT2D eigenvalue weighted by Gasteiger charge is 2.66. The second-order valence-electron chi connectivity index (χ2n) is 15.9. The van der Waals surface area contributed by atoms with Crippen LogP contribution in [0.25, 0.3) is 0 Å². The van der Waals surface area contributed by atoms with Crippen LogP contribution in [0.4, 0.5) is 0 Å². The summed E-state index contributed by atoms with van der Waals surface area (Å²) in [6.07, 6.45) is 10.5. The van der Waals surface area contributed by atoms with Gasteiger partial charge in [-0.2, -0.15) is 0 Å². The maximum absolute atomic E-state index is 13.7. The predicted octanol–water partition coefficient (Wildman–Crippen LogP) is 8.27. The Morgan fingerprint density at radius 3 is 2.30 bits per heavy atom. The van der Waals surface area contributed by atoms with Gasteiger partial charge in [0.05, 0.1) is 5.92 Å². The lowest BCUT2D eigenvalue weighted by Crippen LogP contribution is -2.56. The molecule has 4 aliphatic carbocycles. The zero-order valence-electron chi connectivity index (χ0n) is 25.4. The summed E-state index contributed by atoms with van der Waals surface area (Å²) in [6, 6.07) is 0. The molecular weight excluding hydrogens is 456 g/mol. The molecule has 37 heavy (non-hydrogen) atoms. The van der Waals surface area contributed by atoms with E-state index in [2.05, 4.69) is 75.3 Å². The standard InChI is InChI=1S/C34H54O3/c1-19-15-27-28(35)17-26-25(32(27,8)18-20(19)2)11-13-34(10)29(12-14-33(26,34)9)31(6,7)21(3)16-24-22(4)30(36)37-23(24)5/h17,19-25,27,29H,11-16,18H2,1-10H3/t19-,20-,21+,22-,23+,24-,25?,27-,29+,32+,33-,34+/m0/s1. The smallest absolute Gasteiger partial charge is 0.309 e. The van der Waals surface area contributed by atoms with Crippen molar-refractivity contribution in [2.45, 2.75) is 120 Å². The Hall–Kier alpha value is -1.12. The SMILES string of the molecule is C[C@@H]1C(=O)O[C@H](C)[C@H]1C[C@@H](C)C(C)(C)[C@H]1CC[C@@]2(C)C3=CC(=O)[C@@H]4C[C@H](C)[C@@H](C)C[C@]4(C)C3CC[C@]12C. The van der Waals surface area contributed by atoms with Crippen LogP contribution in [0.1, 0.15) is 114 Å². The molecule has 0 aromatic carbocycles. The molecule has 5 rings (SSSR count). The van der Waals surface area contributed by atoms with E-state index in [-0.39, 0.29) is 45.6 Å². The van der Waals surface area contributed by atoms with Crippen molar-refractivity contribution in [2.75, 3.05) is 0 Å². The molecule has 0 amide bonds. The minimum absolute atomic E-state index is 0.000758. The third-order valence-corrected chi connectivity index (χ3v) is 14.2. The molecule has 1 heterocycles. The number of carbonyl (C=O) groups is 2. The summed E-state index contributed by atoms with van der Waals surface area (Å²) in [6.45, 7) is 23.9. The van der Waals surface area contributed by atoms with Crippen LogP contribution >= 0.6 is 0 Å². The van der Waals surface area contributed by atoms with Gasteiger partial charge in [-0.15, -0.1) is 0 Å². The van der Waals surface area contributed by atoms with Crippen LogP contribution in [0.15, 0.2) is 11.6 Å². The highest BCUT2D eigenvalue weighted by molar-refractivity contribution is 5.94. The average Bonchev–Trinajstić information content (AvgIpc) is 3.23. The highest BCUT2D eigenvalue weighted by atomic mass is 16.6. The Morgan fingerprint density at radius 2 is 1.68 bits per heavy atom. The minimum Gasteiger partial charge on any atom is -0.462 e. The van der Waals surface area contributed by atoms with Gasteiger partial charge in [0, 0.05) is 11.8 Å². The molecule has 4 fully saturated rings. The van der Waals surface area contributed by atoms with Crippen molar-refractivity contribution in [1.29, 1.82) is 0 Å². The monoisotopic (exact) mass is 510 g/mol. The zero-order valence-corrected chi connectivity index (χ0v) is 25.4. The molecule has 1 aliphatic heterocycles. The van der Waals surface area contributed by atoms with E-state index in [1.807, 2.05) is 0 Å². The molecule has 1 saturated heterocycles. The first-order chi connectivity index (χ1) is 17.1. The van der Waals surface area contributed by atoms with E-state index in [4.69, 9.17) is 4.74 Å². The molecule has 12 atom stereocenters. The maximum atomic E-state index is 13.7. The molecule has 0 radical (unpaired) electrons. The first-order valence-corrected chi connectivity index (χ1v) is 15.5. The van der Waals surface area contributed by atoms with Crippen LogP contribution < -0.4 is 0 Å². The Labute approximate surface area is 227 Å². The normalized spacial score (nSPS) is 50.6. The van der Waals surface area contributed by atoms with Crippen LogP contribution in [-0.4, -0.2) is 17.9 Å². The largest absolute Gasteiger partial charge is 0.462 e. The third kappa shape index (κ3) is 3.71. The zero-order chi connectivity index (χ0) is 27.3. The molecule has 3 heteroatoms. The van der Waals surface area contributed by atoms with Gasteiger partial charge in [-0.25, -0.2) is 0 Å². The third-order valence-electron chi connectivity index (χ3n) is 14.2. The van der Waals surface area contributed by atoms with E-state index < -0.39 is 0 Å². The summed E-state index contributed by atoms with van der Waals surface area (Å²) in [5.41, 5.74) is 2.10. The summed E-state index contributed by atoms with van der Waals surface area (Å²) in [5, 5.41) is 0. The fourth-order valence-corrected chi connectivity index (χ4v) is 10.9. The van der Waals surface area contributed by atoms with Gasteiger partial charge in [0.1, 0.15) is 6.10 Å². The molecular formula is C34H54O3. The van der Waals surface area contributed by atoms with Crippen LogP contribution in [0.2, 0.25) is 0 Å². The lowest BCUT2D eigenvalue weighted by Gasteiger charge is -2.62. The number of cyclic esters (lactones) is 1. The second kappa shape index (κ2) is 8.69. The van der Waals surface area contributed by atoms with Gasteiger partial charge >= 0.3 is 5.97 Å². The lowest BCUT2D eigenvalue weighted by atomic mass is 9.41. The number of carbonyl (C=O) groups excluding carboxylic acids is 2. The Morgan fingerprint density at radius 1 is 1.00 bits per heavy atom. The Kier molecular flexibility index (Phi) is 6.45. The lowest BCUT2D eigenvalue weighted by molar-refractivity contribution is -0.143. The molecule has 0 aromatic rings. The van der Waals surface area contributed by atoms with Crippen molar-refractivity contribution >= 4 is 11.8 Å². The summed E-state index contributed by atoms with van der Waals surface area (Å²) >= 11 is 0. The maximum Gasteiger partial charge on any atom is 0.309 e. The summed E-state index contributed by atoms with van der Waals surface area (Å²) in [7, 11) is 0. The van der Waals surface area contributed by atoms with Gasteiger partial charge in [0.15, 0.2) is 5.78 Å². The Bertz CT molecular complexity index is 993. The van der Waals surface area contributed by atoms with Crippen molar-refractivity contribution in [3.63, 3.8) is 0 Å². The van der Waals surface area contributed by atoms with Gasteiger partial charge < -0.3 is 4.74 Å². The van der Waals surface area contributed by atoms with Crippen molar-refractivity contribution in [2.24, 2.45) is 69.0 Å². The van der Waals surface area contributed by atoms with E-state index >= 15 is 0 Å². The second-order valence-corrected chi connectivity index (χ2v) is 15.9. The topological polar surface area (TPSA) is 43.4 Å². The molecule has 0 bridgehead atoms. The number of allylic oxidation sites excluding steroid dienone is 2. The number of ketones is 1. The number of rotatable bonds is 4. The first-order valence-electron chi connectivity index (χ1n) is 15.5. The van der Waals surface area contributed by atoms with E-state index in [0.29, 0.717) is 41.3 Å². The number of ether oxygens (including phenoxy) is 1. The quantitative estimate of drug-likeness (QED) is 0.357. The summed E-state index contributed by atoms with van der Waals surface area (Å²) < 4.78 is 5.60. The van der Waals surface area contributed by atoms with Crippen molar-refractivity contribution in [3.8, 4) is 0 Å². The molecule has 208 valence electrons. The molecule has 0 spiro atoms.